The highest BCUT2D eigenvalue weighted by Gasteiger charge is 2.17. The van der Waals surface area contributed by atoms with E-state index in [-0.39, 0.29) is 14.0 Å². The zero-order valence-electron chi connectivity index (χ0n) is 12.0. The standard InChI is InChI=1S/C13H29O3P/c1-6-11(2)7-8-17(9-12(3)15-4)10-13(14)16-5/h11-14H,6-10H2,1-5H3. The Morgan fingerprint density at radius 3 is 2.24 bits per heavy atom. The number of rotatable bonds is 10. The summed E-state index contributed by atoms with van der Waals surface area (Å²) in [6, 6.07) is 0. The second-order valence-electron chi connectivity index (χ2n) is 4.80. The average Bonchev–Trinajstić information content (AvgIpc) is 2.34. The zero-order valence-corrected chi connectivity index (χ0v) is 12.9. The van der Waals surface area contributed by atoms with Gasteiger partial charge in [0.2, 0.25) is 0 Å². The lowest BCUT2D eigenvalue weighted by Crippen LogP contribution is -2.19. The summed E-state index contributed by atoms with van der Waals surface area (Å²) in [6.07, 6.45) is 5.19. The minimum absolute atomic E-state index is 0.189. The Hall–Kier alpha value is 0.310. The molecule has 0 saturated carbocycles. The molecule has 0 fully saturated rings. The number of hydrogen-bond donors (Lipinski definition) is 1. The molecule has 1 N–H and O–H groups in total. The molecule has 0 amide bonds. The van der Waals surface area contributed by atoms with Gasteiger partial charge in [-0.2, -0.15) is 0 Å². The van der Waals surface area contributed by atoms with Crippen LogP contribution in [-0.4, -0.2) is 50.2 Å². The highest BCUT2D eigenvalue weighted by molar-refractivity contribution is 7.57. The normalized spacial score (nSPS) is 18.7. The first-order valence-electron chi connectivity index (χ1n) is 6.49. The van der Waals surface area contributed by atoms with Gasteiger partial charge in [-0.1, -0.05) is 28.2 Å². The molecule has 4 atom stereocenters. The molecule has 0 heterocycles. The summed E-state index contributed by atoms with van der Waals surface area (Å²) in [4.78, 5) is 0. The summed E-state index contributed by atoms with van der Waals surface area (Å²) in [5, 5.41) is 9.59. The van der Waals surface area contributed by atoms with Crippen LogP contribution in [0.25, 0.3) is 0 Å². The van der Waals surface area contributed by atoms with Crippen LogP contribution in [0.15, 0.2) is 0 Å². The quantitative estimate of drug-likeness (QED) is 0.487. The molecule has 104 valence electrons. The van der Waals surface area contributed by atoms with Crippen LogP contribution >= 0.6 is 7.92 Å². The van der Waals surface area contributed by atoms with E-state index in [1.807, 2.05) is 0 Å². The van der Waals surface area contributed by atoms with Crippen LogP contribution in [0, 0.1) is 5.92 Å². The first-order chi connectivity index (χ1) is 8.03. The lowest BCUT2D eigenvalue weighted by atomic mass is 10.1. The largest absolute Gasteiger partial charge is 0.381 e. The van der Waals surface area contributed by atoms with E-state index in [4.69, 9.17) is 9.47 Å². The fourth-order valence-corrected chi connectivity index (χ4v) is 4.39. The molecule has 0 spiro atoms. The maximum atomic E-state index is 9.59. The van der Waals surface area contributed by atoms with Gasteiger partial charge in [-0.3, -0.25) is 0 Å². The predicted molar refractivity (Wildman–Crippen MR) is 75.1 cm³/mol. The van der Waals surface area contributed by atoms with Crippen molar-refractivity contribution in [2.45, 2.75) is 46.0 Å². The van der Waals surface area contributed by atoms with Crippen LogP contribution in [0.5, 0.6) is 0 Å². The van der Waals surface area contributed by atoms with E-state index in [1.165, 1.54) is 19.0 Å². The zero-order chi connectivity index (χ0) is 13.3. The molecule has 0 radical (unpaired) electrons. The topological polar surface area (TPSA) is 38.7 Å². The van der Waals surface area contributed by atoms with Crippen LogP contribution in [0.2, 0.25) is 0 Å². The van der Waals surface area contributed by atoms with E-state index in [0.29, 0.717) is 0 Å². The monoisotopic (exact) mass is 264 g/mol. The number of hydrogen-bond acceptors (Lipinski definition) is 3. The third-order valence-electron chi connectivity index (χ3n) is 3.24. The first kappa shape index (κ1) is 17.3. The molecule has 0 aromatic carbocycles. The molecule has 17 heavy (non-hydrogen) atoms. The van der Waals surface area contributed by atoms with Gasteiger partial charge in [0.15, 0.2) is 6.29 Å². The van der Waals surface area contributed by atoms with Crippen molar-refractivity contribution in [3.63, 3.8) is 0 Å². The van der Waals surface area contributed by atoms with E-state index in [1.54, 1.807) is 14.2 Å². The molecule has 0 aromatic heterocycles. The molecule has 0 aliphatic rings. The smallest absolute Gasteiger partial charge is 0.158 e. The Bertz CT molecular complexity index is 166. The molecule has 4 unspecified atom stereocenters. The molecule has 0 aromatic rings. The molecule has 0 aliphatic carbocycles. The van der Waals surface area contributed by atoms with Gasteiger partial charge in [0.05, 0.1) is 6.10 Å². The molecule has 0 saturated heterocycles. The summed E-state index contributed by atoms with van der Waals surface area (Å²) in [5.74, 6) is 0.775. The molecule has 0 bridgehead atoms. The van der Waals surface area contributed by atoms with Gasteiger partial charge in [0.25, 0.3) is 0 Å². The van der Waals surface area contributed by atoms with E-state index in [0.717, 1.165) is 18.2 Å². The highest BCUT2D eigenvalue weighted by atomic mass is 31.1. The number of aliphatic hydroxyl groups excluding tert-OH is 1. The van der Waals surface area contributed by atoms with Gasteiger partial charge in [0, 0.05) is 20.4 Å². The Labute approximate surface area is 108 Å². The molecule has 0 aliphatic heterocycles. The fourth-order valence-electron chi connectivity index (χ4n) is 1.60. The maximum absolute atomic E-state index is 9.59. The highest BCUT2D eigenvalue weighted by Crippen LogP contribution is 2.39. The van der Waals surface area contributed by atoms with Crippen molar-refractivity contribution in [1.29, 1.82) is 0 Å². The van der Waals surface area contributed by atoms with Crippen molar-refractivity contribution in [2.75, 3.05) is 32.7 Å². The summed E-state index contributed by atoms with van der Waals surface area (Å²) in [5.41, 5.74) is 0. The van der Waals surface area contributed by atoms with Crippen LogP contribution in [-0.2, 0) is 9.47 Å². The third kappa shape index (κ3) is 8.96. The Balaban J connectivity index is 4.09. The lowest BCUT2D eigenvalue weighted by Gasteiger charge is -2.24. The van der Waals surface area contributed by atoms with Crippen LogP contribution < -0.4 is 0 Å². The predicted octanol–water partition coefficient (Wildman–Crippen LogP) is 2.90. The van der Waals surface area contributed by atoms with Gasteiger partial charge in [-0.25, -0.2) is 0 Å². The number of aliphatic hydroxyl groups is 1. The Morgan fingerprint density at radius 2 is 1.76 bits per heavy atom. The number of methoxy groups -OCH3 is 2. The van der Waals surface area contributed by atoms with Crippen molar-refractivity contribution in [3.8, 4) is 0 Å². The van der Waals surface area contributed by atoms with Gasteiger partial charge in [0.1, 0.15) is 0 Å². The van der Waals surface area contributed by atoms with Gasteiger partial charge in [-0.15, -0.1) is 0 Å². The van der Waals surface area contributed by atoms with E-state index >= 15 is 0 Å². The van der Waals surface area contributed by atoms with Crippen molar-refractivity contribution < 1.29 is 14.6 Å². The maximum Gasteiger partial charge on any atom is 0.158 e. The first-order valence-corrected chi connectivity index (χ1v) is 8.39. The molecule has 3 nitrogen and oxygen atoms in total. The summed E-state index contributed by atoms with van der Waals surface area (Å²) in [6.45, 7) is 6.62. The fraction of sp³-hybridized carbons (Fsp3) is 1.00. The Kier molecular flexibility index (Phi) is 10.4. The van der Waals surface area contributed by atoms with Crippen molar-refractivity contribution in [2.24, 2.45) is 5.92 Å². The molecule has 0 rings (SSSR count). The van der Waals surface area contributed by atoms with Gasteiger partial charge < -0.3 is 14.6 Å². The summed E-state index contributed by atoms with van der Waals surface area (Å²) < 4.78 is 10.3. The van der Waals surface area contributed by atoms with Gasteiger partial charge >= 0.3 is 0 Å². The number of ether oxygens (including phenoxy) is 2. The van der Waals surface area contributed by atoms with Crippen LogP contribution in [0.4, 0.5) is 0 Å². The second kappa shape index (κ2) is 10.3. The molecule has 4 heteroatoms. The second-order valence-corrected chi connectivity index (χ2v) is 7.32. The van der Waals surface area contributed by atoms with Crippen molar-refractivity contribution in [1.82, 2.24) is 0 Å². The van der Waals surface area contributed by atoms with Crippen molar-refractivity contribution >= 4 is 7.92 Å². The van der Waals surface area contributed by atoms with Gasteiger partial charge in [-0.05, 0) is 31.6 Å². The van der Waals surface area contributed by atoms with Crippen LogP contribution in [0.3, 0.4) is 0 Å². The van der Waals surface area contributed by atoms with E-state index < -0.39 is 6.29 Å². The van der Waals surface area contributed by atoms with E-state index in [2.05, 4.69) is 20.8 Å². The minimum atomic E-state index is -0.609. The van der Waals surface area contributed by atoms with Crippen molar-refractivity contribution in [3.05, 3.63) is 0 Å². The summed E-state index contributed by atoms with van der Waals surface area (Å²) >= 11 is 0. The van der Waals surface area contributed by atoms with E-state index in [9.17, 15) is 5.11 Å². The SMILES string of the molecule is CCC(C)CCP(CC(C)OC)CC(O)OC. The average molecular weight is 264 g/mol. The minimum Gasteiger partial charge on any atom is -0.381 e. The molecular weight excluding hydrogens is 235 g/mol. The Morgan fingerprint density at radius 1 is 1.12 bits per heavy atom. The van der Waals surface area contributed by atoms with Crippen LogP contribution in [0.1, 0.15) is 33.6 Å². The lowest BCUT2D eigenvalue weighted by molar-refractivity contribution is -0.0554. The summed E-state index contributed by atoms with van der Waals surface area (Å²) in [7, 11) is 3.12. The molecular formula is C13H29O3P. The third-order valence-corrected chi connectivity index (χ3v) is 5.99.